The van der Waals surface area contributed by atoms with E-state index >= 15 is 0 Å². The van der Waals surface area contributed by atoms with E-state index in [1.54, 1.807) is 6.92 Å². The molecule has 0 aliphatic carbocycles. The Labute approximate surface area is 125 Å². The van der Waals surface area contributed by atoms with Gasteiger partial charge in [0, 0.05) is 18.5 Å². The Balaban J connectivity index is 2.50. The highest BCUT2D eigenvalue weighted by Crippen LogP contribution is 2.32. The van der Waals surface area contributed by atoms with Gasteiger partial charge in [-0.25, -0.2) is 4.79 Å². The van der Waals surface area contributed by atoms with Gasteiger partial charge in [-0.3, -0.25) is 15.1 Å². The quantitative estimate of drug-likeness (QED) is 0.481. The van der Waals surface area contributed by atoms with Crippen molar-refractivity contribution in [3.8, 4) is 0 Å². The minimum absolute atomic E-state index is 0.0630. The number of nitro benzene ring substituents is 1. The summed E-state index contributed by atoms with van der Waals surface area (Å²) in [6.45, 7) is 1.64. The van der Waals surface area contributed by atoms with Crippen molar-refractivity contribution in [3.63, 3.8) is 0 Å². The number of nitro groups is 1. The lowest BCUT2D eigenvalue weighted by Crippen LogP contribution is -2.30. The third-order valence-corrected chi connectivity index (χ3v) is 3.17. The summed E-state index contributed by atoms with van der Waals surface area (Å²) in [7, 11) is 0. The van der Waals surface area contributed by atoms with Crippen molar-refractivity contribution in [2.45, 2.75) is 19.1 Å². The minimum Gasteiger partial charge on any atom is -0.464 e. The Bertz CT molecular complexity index is 718. The third-order valence-electron chi connectivity index (χ3n) is 3.17. The van der Waals surface area contributed by atoms with Gasteiger partial charge < -0.3 is 14.9 Å². The highest BCUT2D eigenvalue weighted by molar-refractivity contribution is 5.93. The molecule has 1 aromatic carbocycles. The van der Waals surface area contributed by atoms with E-state index in [1.807, 2.05) is 0 Å². The average molecular weight is 306 g/mol. The number of fused-ring (bicyclic) bond motifs is 1. The van der Waals surface area contributed by atoms with Gasteiger partial charge in [-0.05, 0) is 30.0 Å². The highest BCUT2D eigenvalue weighted by Gasteiger charge is 2.29. The molecule has 0 amide bonds. The molecule has 0 saturated carbocycles. The van der Waals surface area contributed by atoms with Crippen molar-refractivity contribution >= 4 is 22.4 Å². The fraction of sp³-hybridized carbons (Fsp3) is 0.286. The maximum Gasteiger partial charge on any atom is 0.338 e. The van der Waals surface area contributed by atoms with E-state index in [0.29, 0.717) is 5.39 Å². The Morgan fingerprint density at radius 2 is 2.09 bits per heavy atom. The summed E-state index contributed by atoms with van der Waals surface area (Å²) in [6, 6.07) is 3.97. The van der Waals surface area contributed by atoms with Crippen molar-refractivity contribution in [2.75, 3.05) is 6.61 Å². The molecule has 0 saturated heterocycles. The van der Waals surface area contributed by atoms with Gasteiger partial charge >= 0.3 is 5.97 Å². The second kappa shape index (κ2) is 6.46. The van der Waals surface area contributed by atoms with Crippen LogP contribution in [0.3, 0.4) is 0 Å². The molecule has 1 aromatic heterocycles. The van der Waals surface area contributed by atoms with Crippen molar-refractivity contribution in [2.24, 2.45) is 0 Å². The van der Waals surface area contributed by atoms with E-state index < -0.39 is 23.1 Å². The van der Waals surface area contributed by atoms with Gasteiger partial charge in [0.15, 0.2) is 6.10 Å². The first-order valence-corrected chi connectivity index (χ1v) is 6.51. The van der Waals surface area contributed by atoms with Gasteiger partial charge in [0.1, 0.15) is 6.10 Å². The summed E-state index contributed by atoms with van der Waals surface area (Å²) in [5.41, 5.74) is 0.00762. The number of carbonyl (C=O) groups is 1. The minimum atomic E-state index is -1.78. The van der Waals surface area contributed by atoms with Crippen LogP contribution in [-0.4, -0.2) is 38.8 Å². The lowest BCUT2D eigenvalue weighted by atomic mass is 9.97. The Kier molecular flexibility index (Phi) is 4.64. The van der Waals surface area contributed by atoms with Gasteiger partial charge in [-0.2, -0.15) is 0 Å². The first kappa shape index (κ1) is 15.8. The highest BCUT2D eigenvalue weighted by atomic mass is 16.6. The van der Waals surface area contributed by atoms with Gasteiger partial charge in [0.2, 0.25) is 0 Å². The van der Waals surface area contributed by atoms with E-state index in [0.717, 1.165) is 0 Å². The van der Waals surface area contributed by atoms with Gasteiger partial charge in [-0.15, -0.1) is 0 Å². The molecule has 2 atom stereocenters. The Morgan fingerprint density at radius 3 is 2.73 bits per heavy atom. The molecule has 2 unspecified atom stereocenters. The van der Waals surface area contributed by atoms with E-state index in [-0.39, 0.29) is 23.2 Å². The lowest BCUT2D eigenvalue weighted by molar-refractivity contribution is -0.383. The summed E-state index contributed by atoms with van der Waals surface area (Å²) in [6.07, 6.45) is -0.651. The Morgan fingerprint density at radius 1 is 1.36 bits per heavy atom. The maximum atomic E-state index is 11.5. The topological polar surface area (TPSA) is 123 Å². The molecule has 0 radical (unpaired) electrons. The zero-order chi connectivity index (χ0) is 16.3. The summed E-state index contributed by atoms with van der Waals surface area (Å²) < 4.78 is 4.65. The van der Waals surface area contributed by atoms with Crippen LogP contribution in [0, 0.1) is 10.1 Å². The molecule has 2 N–H and O–H groups in total. The molecular formula is C14H14N2O6. The first-order valence-electron chi connectivity index (χ1n) is 6.51. The van der Waals surface area contributed by atoms with Crippen molar-refractivity contribution < 1.29 is 24.7 Å². The second-order valence-corrected chi connectivity index (χ2v) is 4.49. The van der Waals surface area contributed by atoms with Crippen LogP contribution in [0.1, 0.15) is 18.6 Å². The first-order chi connectivity index (χ1) is 10.5. The molecule has 22 heavy (non-hydrogen) atoms. The normalized spacial score (nSPS) is 13.6. The third kappa shape index (κ3) is 2.87. The lowest BCUT2D eigenvalue weighted by Gasteiger charge is -2.18. The molecule has 0 spiro atoms. The van der Waals surface area contributed by atoms with Crippen LogP contribution in [0.15, 0.2) is 30.6 Å². The number of non-ortho nitro benzene ring substituents is 1. The Hall–Kier alpha value is -2.58. The van der Waals surface area contributed by atoms with Gasteiger partial charge in [0.25, 0.3) is 5.69 Å². The number of aliphatic hydroxyl groups excluding tert-OH is 2. The largest absolute Gasteiger partial charge is 0.464 e. The van der Waals surface area contributed by atoms with Crippen molar-refractivity contribution in [1.82, 2.24) is 4.98 Å². The van der Waals surface area contributed by atoms with Crippen LogP contribution in [0.25, 0.3) is 10.8 Å². The number of ether oxygens (including phenoxy) is 1. The number of rotatable bonds is 5. The number of benzene rings is 1. The predicted molar refractivity (Wildman–Crippen MR) is 76.0 cm³/mol. The number of hydrogen-bond donors (Lipinski definition) is 2. The number of nitrogens with zero attached hydrogens (tertiary/aromatic N) is 2. The smallest absolute Gasteiger partial charge is 0.338 e. The number of hydrogen-bond acceptors (Lipinski definition) is 7. The molecule has 2 rings (SSSR count). The molecule has 0 aliphatic heterocycles. The van der Waals surface area contributed by atoms with Crippen molar-refractivity contribution in [3.05, 3.63) is 46.3 Å². The van der Waals surface area contributed by atoms with Crippen molar-refractivity contribution in [1.29, 1.82) is 0 Å². The number of carbonyl (C=O) groups excluding carboxylic acids is 1. The summed E-state index contributed by atoms with van der Waals surface area (Å²) >= 11 is 0. The fourth-order valence-corrected chi connectivity index (χ4v) is 2.14. The standard InChI is InChI=1S/C14H14N2O6/c1-2-22-14(19)13(18)12(17)9-3-4-11(16(20)21)10-7-15-6-5-8(9)10/h3-7,12-13,17-18H,2H2,1H3. The summed E-state index contributed by atoms with van der Waals surface area (Å²) in [5.74, 6) is -0.962. The van der Waals surface area contributed by atoms with E-state index in [4.69, 9.17) is 0 Å². The number of aromatic nitrogens is 1. The zero-order valence-corrected chi connectivity index (χ0v) is 11.7. The van der Waals surface area contributed by atoms with Gasteiger partial charge in [-0.1, -0.05) is 0 Å². The van der Waals surface area contributed by atoms with Crippen LogP contribution in [0.5, 0.6) is 0 Å². The predicted octanol–water partition coefficient (Wildman–Crippen LogP) is 1.10. The SMILES string of the molecule is CCOC(=O)C(O)C(O)c1ccc([N+](=O)[O-])c2cnccc12. The maximum absolute atomic E-state index is 11.5. The van der Waals surface area contributed by atoms with Crippen LogP contribution in [0.2, 0.25) is 0 Å². The summed E-state index contributed by atoms with van der Waals surface area (Å²) in [5, 5.41) is 31.6. The van der Waals surface area contributed by atoms with Crippen LogP contribution in [-0.2, 0) is 9.53 Å². The van der Waals surface area contributed by atoms with E-state index in [1.165, 1.54) is 30.6 Å². The fourth-order valence-electron chi connectivity index (χ4n) is 2.14. The molecule has 0 bridgehead atoms. The molecule has 8 heteroatoms. The number of esters is 1. The van der Waals surface area contributed by atoms with E-state index in [9.17, 15) is 25.1 Å². The molecule has 116 valence electrons. The van der Waals surface area contributed by atoms with E-state index in [2.05, 4.69) is 9.72 Å². The monoisotopic (exact) mass is 306 g/mol. The molecule has 8 nitrogen and oxygen atoms in total. The average Bonchev–Trinajstić information content (AvgIpc) is 2.52. The zero-order valence-electron chi connectivity index (χ0n) is 11.7. The van der Waals surface area contributed by atoms with Crippen LogP contribution in [0.4, 0.5) is 5.69 Å². The number of aliphatic hydroxyl groups is 2. The molecule has 2 aromatic rings. The molecule has 1 heterocycles. The van der Waals surface area contributed by atoms with Crippen LogP contribution >= 0.6 is 0 Å². The summed E-state index contributed by atoms with van der Waals surface area (Å²) in [4.78, 5) is 25.8. The molecular weight excluding hydrogens is 292 g/mol. The molecule has 0 aliphatic rings. The van der Waals surface area contributed by atoms with Crippen LogP contribution < -0.4 is 0 Å². The number of pyridine rings is 1. The molecule has 0 fully saturated rings. The second-order valence-electron chi connectivity index (χ2n) is 4.49. The van der Waals surface area contributed by atoms with Gasteiger partial charge in [0.05, 0.1) is 16.9 Å².